The van der Waals surface area contributed by atoms with Gasteiger partial charge in [0.1, 0.15) is 11.9 Å². The first-order valence-electron chi connectivity index (χ1n) is 4.28. The Morgan fingerprint density at radius 1 is 1.64 bits per heavy atom. The Morgan fingerprint density at radius 2 is 2.36 bits per heavy atom. The number of anilines is 1. The zero-order valence-electron chi connectivity index (χ0n) is 7.72. The van der Waals surface area contributed by atoms with E-state index in [1.165, 1.54) is 12.1 Å². The van der Waals surface area contributed by atoms with Gasteiger partial charge in [-0.15, -0.1) is 0 Å². The lowest BCUT2D eigenvalue weighted by molar-refractivity contribution is 0.627. The smallest absolute Gasteiger partial charge is 0.124 e. The summed E-state index contributed by atoms with van der Waals surface area (Å²) < 4.78 is 13.5. The molecule has 1 N–H and O–H groups in total. The maximum Gasteiger partial charge on any atom is 0.124 e. The van der Waals surface area contributed by atoms with Crippen molar-refractivity contribution in [3.63, 3.8) is 0 Å². The van der Waals surface area contributed by atoms with E-state index >= 15 is 0 Å². The number of hydrogen-bond acceptors (Lipinski definition) is 2. The molecule has 2 nitrogen and oxygen atoms in total. The van der Waals surface area contributed by atoms with Crippen molar-refractivity contribution in [3.05, 3.63) is 27.6 Å². The fraction of sp³-hybridized carbons (Fsp3) is 0.300. The molecular weight excluding hydrogens is 294 g/mol. The molecule has 0 saturated heterocycles. The lowest BCUT2D eigenvalue weighted by atomic mass is 10.2. The normalized spacial score (nSPS) is 11.9. The molecule has 0 spiro atoms. The molecule has 14 heavy (non-hydrogen) atoms. The summed E-state index contributed by atoms with van der Waals surface area (Å²) in [6.07, 6.45) is 0.726. The lowest BCUT2D eigenvalue weighted by Crippen LogP contribution is -2.16. The standard InChI is InChI=1S/C10H10FIN2/c1-2-8(6-13)14-10-4-3-7(11)5-9(10)12/h3-5,8,14H,2H2,1H3. The number of halogens is 2. The average Bonchev–Trinajstić information content (AvgIpc) is 2.17. The minimum atomic E-state index is -0.259. The lowest BCUT2D eigenvalue weighted by Gasteiger charge is -2.12. The van der Waals surface area contributed by atoms with Crippen LogP contribution in [0.25, 0.3) is 0 Å². The van der Waals surface area contributed by atoms with E-state index in [0.717, 1.165) is 15.7 Å². The predicted molar refractivity (Wildman–Crippen MR) is 62.4 cm³/mol. The van der Waals surface area contributed by atoms with Crippen LogP contribution in [0.2, 0.25) is 0 Å². The number of benzene rings is 1. The Kier molecular flexibility index (Phi) is 4.14. The Balaban J connectivity index is 2.82. The first kappa shape index (κ1) is 11.2. The molecule has 0 aliphatic carbocycles. The van der Waals surface area contributed by atoms with Crippen molar-refractivity contribution < 1.29 is 4.39 Å². The highest BCUT2D eigenvalue weighted by Gasteiger charge is 2.06. The first-order valence-corrected chi connectivity index (χ1v) is 5.36. The molecule has 0 aliphatic heterocycles. The van der Waals surface area contributed by atoms with Crippen molar-refractivity contribution >= 4 is 28.3 Å². The van der Waals surface area contributed by atoms with Gasteiger partial charge in [0.15, 0.2) is 0 Å². The molecule has 1 unspecified atom stereocenters. The highest BCUT2D eigenvalue weighted by Crippen LogP contribution is 2.20. The van der Waals surface area contributed by atoms with Gasteiger partial charge in [-0.2, -0.15) is 5.26 Å². The summed E-state index contributed by atoms with van der Waals surface area (Å²) in [6.45, 7) is 1.93. The van der Waals surface area contributed by atoms with Gasteiger partial charge < -0.3 is 5.32 Å². The Labute approximate surface area is 96.3 Å². The molecule has 1 aromatic rings. The molecule has 0 bridgehead atoms. The van der Waals surface area contributed by atoms with Crippen LogP contribution in [0.5, 0.6) is 0 Å². The molecule has 0 amide bonds. The molecule has 4 heteroatoms. The van der Waals surface area contributed by atoms with E-state index in [1.54, 1.807) is 6.07 Å². The van der Waals surface area contributed by atoms with Gasteiger partial charge in [0.05, 0.1) is 6.07 Å². The second-order valence-electron chi connectivity index (χ2n) is 2.86. The number of rotatable bonds is 3. The minimum Gasteiger partial charge on any atom is -0.369 e. The van der Waals surface area contributed by atoms with Crippen molar-refractivity contribution in [1.29, 1.82) is 5.26 Å². The Bertz CT molecular complexity index is 360. The maximum atomic E-state index is 12.8. The highest BCUT2D eigenvalue weighted by molar-refractivity contribution is 14.1. The summed E-state index contributed by atoms with van der Waals surface area (Å²) in [4.78, 5) is 0. The molecule has 0 aliphatic rings. The van der Waals surface area contributed by atoms with E-state index in [2.05, 4.69) is 11.4 Å². The van der Waals surface area contributed by atoms with Crippen LogP contribution in [0.3, 0.4) is 0 Å². The average molecular weight is 304 g/mol. The van der Waals surface area contributed by atoms with Gasteiger partial charge in [0.2, 0.25) is 0 Å². The van der Waals surface area contributed by atoms with Crippen molar-refractivity contribution in [2.45, 2.75) is 19.4 Å². The quantitative estimate of drug-likeness (QED) is 0.871. The predicted octanol–water partition coefficient (Wildman–Crippen LogP) is 3.14. The van der Waals surface area contributed by atoms with Crippen molar-refractivity contribution in [2.75, 3.05) is 5.32 Å². The number of nitriles is 1. The van der Waals surface area contributed by atoms with Crippen LogP contribution in [0.4, 0.5) is 10.1 Å². The fourth-order valence-electron chi connectivity index (χ4n) is 1.02. The summed E-state index contributed by atoms with van der Waals surface area (Å²) in [6, 6.07) is 6.39. The van der Waals surface area contributed by atoms with Gasteiger partial charge in [-0.05, 0) is 47.2 Å². The van der Waals surface area contributed by atoms with Gasteiger partial charge in [-0.25, -0.2) is 4.39 Å². The zero-order chi connectivity index (χ0) is 10.6. The van der Waals surface area contributed by atoms with Crippen LogP contribution in [-0.2, 0) is 0 Å². The topological polar surface area (TPSA) is 35.8 Å². The molecule has 1 aromatic carbocycles. The van der Waals surface area contributed by atoms with Crippen LogP contribution < -0.4 is 5.32 Å². The number of nitrogens with zero attached hydrogens (tertiary/aromatic N) is 1. The van der Waals surface area contributed by atoms with E-state index in [-0.39, 0.29) is 11.9 Å². The summed E-state index contributed by atoms with van der Waals surface area (Å²) in [7, 11) is 0. The van der Waals surface area contributed by atoms with Crippen LogP contribution in [0, 0.1) is 20.7 Å². The monoisotopic (exact) mass is 304 g/mol. The molecule has 74 valence electrons. The molecule has 0 heterocycles. The van der Waals surface area contributed by atoms with Gasteiger partial charge >= 0.3 is 0 Å². The van der Waals surface area contributed by atoms with Gasteiger partial charge in [0, 0.05) is 9.26 Å². The molecule has 1 atom stereocenters. The largest absolute Gasteiger partial charge is 0.369 e. The number of nitrogens with one attached hydrogen (secondary N) is 1. The molecule has 0 fully saturated rings. The van der Waals surface area contributed by atoms with Crippen molar-refractivity contribution in [3.8, 4) is 6.07 Å². The number of hydrogen-bond donors (Lipinski definition) is 1. The molecule has 0 saturated carbocycles. The van der Waals surface area contributed by atoms with Gasteiger partial charge in [-0.3, -0.25) is 0 Å². The summed E-state index contributed by atoms with van der Waals surface area (Å²) in [5, 5.41) is 11.8. The summed E-state index contributed by atoms with van der Waals surface area (Å²) in [5.74, 6) is -0.259. The maximum absolute atomic E-state index is 12.8. The zero-order valence-corrected chi connectivity index (χ0v) is 9.88. The van der Waals surface area contributed by atoms with Gasteiger partial charge in [-0.1, -0.05) is 6.92 Å². The summed E-state index contributed by atoms with van der Waals surface area (Å²) in [5.41, 5.74) is 0.806. The highest BCUT2D eigenvalue weighted by atomic mass is 127. The fourth-order valence-corrected chi connectivity index (χ4v) is 1.65. The molecule has 0 radical (unpaired) electrons. The van der Waals surface area contributed by atoms with Crippen LogP contribution in [-0.4, -0.2) is 6.04 Å². The third-order valence-electron chi connectivity index (χ3n) is 1.82. The third-order valence-corrected chi connectivity index (χ3v) is 2.72. The van der Waals surface area contributed by atoms with Crippen LogP contribution in [0.1, 0.15) is 13.3 Å². The van der Waals surface area contributed by atoms with E-state index in [4.69, 9.17) is 5.26 Å². The van der Waals surface area contributed by atoms with E-state index < -0.39 is 0 Å². The Morgan fingerprint density at radius 3 is 2.86 bits per heavy atom. The van der Waals surface area contributed by atoms with Gasteiger partial charge in [0.25, 0.3) is 0 Å². The Hall–Kier alpha value is -0.830. The minimum absolute atomic E-state index is 0.214. The SMILES string of the molecule is CCC(C#N)Nc1ccc(F)cc1I. The third kappa shape index (κ3) is 2.84. The van der Waals surface area contributed by atoms with E-state index in [1.807, 2.05) is 29.5 Å². The molecule has 0 aromatic heterocycles. The second-order valence-corrected chi connectivity index (χ2v) is 4.02. The van der Waals surface area contributed by atoms with Crippen molar-refractivity contribution in [1.82, 2.24) is 0 Å². The van der Waals surface area contributed by atoms with Crippen LogP contribution in [0.15, 0.2) is 18.2 Å². The molecule has 1 rings (SSSR count). The van der Waals surface area contributed by atoms with Crippen LogP contribution >= 0.6 is 22.6 Å². The summed E-state index contributed by atoms with van der Waals surface area (Å²) >= 11 is 2.04. The first-order chi connectivity index (χ1) is 6.67. The van der Waals surface area contributed by atoms with E-state index in [9.17, 15) is 4.39 Å². The second kappa shape index (κ2) is 5.15. The molecular formula is C10H10FIN2. The van der Waals surface area contributed by atoms with Crippen molar-refractivity contribution in [2.24, 2.45) is 0 Å². The van der Waals surface area contributed by atoms with E-state index in [0.29, 0.717) is 0 Å².